The number of aryl methyl sites for hydroxylation is 1. The fourth-order valence-electron chi connectivity index (χ4n) is 3.42. The summed E-state index contributed by atoms with van der Waals surface area (Å²) in [6.07, 6.45) is 3.23. The van der Waals surface area contributed by atoms with E-state index in [-0.39, 0.29) is 30.2 Å². The molecule has 0 radical (unpaired) electrons. The first-order valence-electron chi connectivity index (χ1n) is 11.0. The van der Waals surface area contributed by atoms with Crippen molar-refractivity contribution < 1.29 is 19.1 Å². The van der Waals surface area contributed by atoms with Crippen LogP contribution in [0.1, 0.15) is 48.7 Å². The molecule has 2 aromatic rings. The van der Waals surface area contributed by atoms with E-state index in [1.54, 1.807) is 29.2 Å². The van der Waals surface area contributed by atoms with E-state index in [9.17, 15) is 14.4 Å². The molecular formula is C23H30N4O4S. The summed E-state index contributed by atoms with van der Waals surface area (Å²) >= 11 is 1.40. The van der Waals surface area contributed by atoms with Crippen LogP contribution < -0.4 is 15.4 Å². The van der Waals surface area contributed by atoms with Crippen LogP contribution in [0.25, 0.3) is 0 Å². The second kappa shape index (κ2) is 11.6. The minimum Gasteiger partial charge on any atom is -0.494 e. The largest absolute Gasteiger partial charge is 0.494 e. The van der Waals surface area contributed by atoms with Crippen LogP contribution in [0.2, 0.25) is 0 Å². The lowest BCUT2D eigenvalue weighted by Gasteiger charge is -2.31. The maximum Gasteiger partial charge on any atom is 0.251 e. The highest BCUT2D eigenvalue weighted by molar-refractivity contribution is 7.13. The molecule has 1 aromatic carbocycles. The third-order valence-electron chi connectivity index (χ3n) is 5.35. The molecule has 32 heavy (non-hydrogen) atoms. The fraction of sp³-hybridized carbons (Fsp3) is 0.478. The summed E-state index contributed by atoms with van der Waals surface area (Å²) in [6.45, 7) is 5.55. The highest BCUT2D eigenvalue weighted by Gasteiger charge is 2.27. The van der Waals surface area contributed by atoms with Gasteiger partial charge in [0.15, 0.2) is 5.13 Å². The monoisotopic (exact) mass is 458 g/mol. The summed E-state index contributed by atoms with van der Waals surface area (Å²) in [6, 6.07) is 6.90. The first-order chi connectivity index (χ1) is 15.5. The van der Waals surface area contributed by atoms with Gasteiger partial charge in [0.25, 0.3) is 5.91 Å². The number of rotatable bonds is 9. The third-order valence-corrected chi connectivity index (χ3v) is 6.23. The van der Waals surface area contributed by atoms with Crippen LogP contribution >= 0.6 is 11.3 Å². The number of aromatic nitrogens is 1. The lowest BCUT2D eigenvalue weighted by atomic mass is 9.96. The molecule has 0 unspecified atom stereocenters. The van der Waals surface area contributed by atoms with Crippen LogP contribution in [0.15, 0.2) is 29.6 Å². The Bertz CT molecular complexity index is 920. The Hall–Kier alpha value is -2.94. The number of thiazole rings is 1. The molecule has 1 fully saturated rings. The number of hydrogen-bond acceptors (Lipinski definition) is 6. The minimum atomic E-state index is -0.300. The predicted octanol–water partition coefficient (Wildman–Crippen LogP) is 3.24. The topological polar surface area (TPSA) is 101 Å². The van der Waals surface area contributed by atoms with Crippen LogP contribution in [0.4, 0.5) is 5.13 Å². The van der Waals surface area contributed by atoms with Gasteiger partial charge in [-0.05, 0) is 50.5 Å². The molecule has 0 bridgehead atoms. The molecule has 0 spiro atoms. The van der Waals surface area contributed by atoms with Gasteiger partial charge in [-0.2, -0.15) is 0 Å². The Labute approximate surface area is 192 Å². The first-order valence-corrected chi connectivity index (χ1v) is 11.9. The van der Waals surface area contributed by atoms with Crippen LogP contribution in [0, 0.1) is 12.8 Å². The van der Waals surface area contributed by atoms with Gasteiger partial charge >= 0.3 is 0 Å². The van der Waals surface area contributed by atoms with Crippen molar-refractivity contribution in [3.05, 3.63) is 40.9 Å². The van der Waals surface area contributed by atoms with E-state index in [2.05, 4.69) is 22.5 Å². The van der Waals surface area contributed by atoms with Gasteiger partial charge in [-0.3, -0.25) is 14.4 Å². The van der Waals surface area contributed by atoms with Crippen molar-refractivity contribution >= 4 is 34.2 Å². The molecule has 0 atom stereocenters. The molecule has 0 saturated carbocycles. The van der Waals surface area contributed by atoms with Crippen molar-refractivity contribution in [3.63, 3.8) is 0 Å². The van der Waals surface area contributed by atoms with E-state index >= 15 is 0 Å². The average molecular weight is 459 g/mol. The second-order valence-corrected chi connectivity index (χ2v) is 8.71. The number of nitrogens with one attached hydrogen (secondary N) is 2. The molecular weight excluding hydrogens is 428 g/mol. The zero-order chi connectivity index (χ0) is 22.9. The van der Waals surface area contributed by atoms with Crippen LogP contribution in [0.5, 0.6) is 5.75 Å². The Balaban J connectivity index is 1.39. The number of piperidine rings is 1. The number of ether oxygens (including phenoxy) is 1. The zero-order valence-electron chi connectivity index (χ0n) is 18.6. The first kappa shape index (κ1) is 23.7. The van der Waals surface area contributed by atoms with Gasteiger partial charge < -0.3 is 20.3 Å². The van der Waals surface area contributed by atoms with Crippen LogP contribution in [-0.4, -0.2) is 53.8 Å². The molecule has 0 aliphatic carbocycles. The lowest BCUT2D eigenvalue weighted by molar-refractivity contribution is -0.133. The molecule has 172 valence electrons. The average Bonchev–Trinajstić information content (AvgIpc) is 3.22. The molecule has 8 nitrogen and oxygen atoms in total. The number of amides is 3. The number of anilines is 1. The van der Waals surface area contributed by atoms with Crippen LogP contribution in [-0.2, 0) is 9.59 Å². The SMILES string of the molecule is CCCCOc1ccc(C(=O)NCC(=O)N2CCC(C(=O)Nc3nc(C)cs3)CC2)cc1. The summed E-state index contributed by atoms with van der Waals surface area (Å²) < 4.78 is 5.59. The molecule has 9 heteroatoms. The summed E-state index contributed by atoms with van der Waals surface area (Å²) in [5, 5.41) is 8.03. The van der Waals surface area contributed by atoms with Crippen molar-refractivity contribution in [1.29, 1.82) is 0 Å². The molecule has 3 amide bonds. The van der Waals surface area contributed by atoms with Gasteiger partial charge in [-0.15, -0.1) is 11.3 Å². The number of benzene rings is 1. The van der Waals surface area contributed by atoms with Gasteiger partial charge in [0, 0.05) is 30.0 Å². The van der Waals surface area contributed by atoms with Crippen molar-refractivity contribution in [1.82, 2.24) is 15.2 Å². The second-order valence-electron chi connectivity index (χ2n) is 7.85. The third kappa shape index (κ3) is 6.78. The van der Waals surface area contributed by atoms with Gasteiger partial charge in [-0.1, -0.05) is 13.3 Å². The van der Waals surface area contributed by atoms with Crippen molar-refractivity contribution in [3.8, 4) is 5.75 Å². The Morgan fingerprint density at radius 1 is 1.19 bits per heavy atom. The predicted molar refractivity (Wildman–Crippen MR) is 124 cm³/mol. The molecule has 3 rings (SSSR count). The summed E-state index contributed by atoms with van der Waals surface area (Å²) in [4.78, 5) is 43.2. The number of hydrogen-bond donors (Lipinski definition) is 2. The smallest absolute Gasteiger partial charge is 0.251 e. The zero-order valence-corrected chi connectivity index (χ0v) is 19.4. The highest BCUT2D eigenvalue weighted by Crippen LogP contribution is 2.21. The molecule has 1 aliphatic heterocycles. The van der Waals surface area contributed by atoms with Gasteiger partial charge in [0.2, 0.25) is 11.8 Å². The fourth-order valence-corrected chi connectivity index (χ4v) is 4.11. The number of carbonyl (C=O) groups is 3. The molecule has 1 aliphatic rings. The Morgan fingerprint density at radius 3 is 2.53 bits per heavy atom. The minimum absolute atomic E-state index is 0.0538. The Morgan fingerprint density at radius 2 is 1.91 bits per heavy atom. The van der Waals surface area contributed by atoms with E-state index in [4.69, 9.17) is 4.74 Å². The summed E-state index contributed by atoms with van der Waals surface area (Å²) in [5.74, 6) is 0.0829. The number of unbranched alkanes of at least 4 members (excludes halogenated alkanes) is 1. The van der Waals surface area contributed by atoms with E-state index in [1.165, 1.54) is 11.3 Å². The summed E-state index contributed by atoms with van der Waals surface area (Å²) in [5.41, 5.74) is 1.36. The van der Waals surface area contributed by atoms with Gasteiger partial charge in [0.05, 0.1) is 18.8 Å². The highest BCUT2D eigenvalue weighted by atomic mass is 32.1. The summed E-state index contributed by atoms with van der Waals surface area (Å²) in [7, 11) is 0. The van der Waals surface area contributed by atoms with E-state index in [0.717, 1.165) is 24.3 Å². The number of nitrogens with zero attached hydrogens (tertiary/aromatic N) is 2. The molecule has 2 N–H and O–H groups in total. The maximum absolute atomic E-state index is 12.5. The van der Waals surface area contributed by atoms with Gasteiger partial charge in [-0.25, -0.2) is 4.98 Å². The standard InChI is InChI=1S/C23H30N4O4S/c1-3-4-13-31-19-7-5-17(6-8-19)21(29)24-14-20(28)27-11-9-18(10-12-27)22(30)26-23-25-16(2)15-32-23/h5-8,15,18H,3-4,9-14H2,1-2H3,(H,24,29)(H,25,26,30). The normalized spacial score (nSPS) is 14.1. The molecule has 1 saturated heterocycles. The van der Waals surface area contributed by atoms with E-state index < -0.39 is 0 Å². The number of carbonyl (C=O) groups excluding carboxylic acids is 3. The quantitative estimate of drug-likeness (QED) is 0.562. The van der Waals surface area contributed by atoms with E-state index in [1.807, 2.05) is 12.3 Å². The molecule has 1 aromatic heterocycles. The van der Waals surface area contributed by atoms with Crippen molar-refractivity contribution in [2.75, 3.05) is 31.6 Å². The lowest BCUT2D eigenvalue weighted by Crippen LogP contribution is -2.45. The van der Waals surface area contributed by atoms with Gasteiger partial charge in [0.1, 0.15) is 5.75 Å². The number of likely N-dealkylation sites (tertiary alicyclic amines) is 1. The maximum atomic E-state index is 12.5. The molecule has 2 heterocycles. The van der Waals surface area contributed by atoms with Crippen molar-refractivity contribution in [2.24, 2.45) is 5.92 Å². The van der Waals surface area contributed by atoms with E-state index in [0.29, 0.717) is 43.2 Å². The Kier molecular flexibility index (Phi) is 8.61. The van der Waals surface area contributed by atoms with Crippen LogP contribution in [0.3, 0.4) is 0 Å². The van der Waals surface area contributed by atoms with Crippen molar-refractivity contribution in [2.45, 2.75) is 39.5 Å².